The first-order valence-corrected chi connectivity index (χ1v) is 8.19. The van der Waals surface area contributed by atoms with E-state index in [4.69, 9.17) is 4.42 Å². The number of nitrogens with zero attached hydrogens (tertiary/aromatic N) is 1. The van der Waals surface area contributed by atoms with Gasteiger partial charge in [-0.1, -0.05) is 19.9 Å². The van der Waals surface area contributed by atoms with Crippen LogP contribution < -0.4 is 0 Å². The van der Waals surface area contributed by atoms with Crippen molar-refractivity contribution < 1.29 is 9.21 Å². The number of hydrogen-bond acceptors (Lipinski definition) is 2. The molecule has 1 aliphatic rings. The molecule has 1 aliphatic heterocycles. The van der Waals surface area contributed by atoms with Crippen LogP contribution in [0.25, 0.3) is 11.0 Å². The summed E-state index contributed by atoms with van der Waals surface area (Å²) in [5.74, 6) is 1.41. The Labute approximate surface area is 132 Å². The van der Waals surface area contributed by atoms with Crippen LogP contribution in [0.2, 0.25) is 0 Å². The highest BCUT2D eigenvalue weighted by atomic mass is 16.3. The molecule has 0 aliphatic carbocycles. The van der Waals surface area contributed by atoms with Gasteiger partial charge in [-0.2, -0.15) is 0 Å². The lowest BCUT2D eigenvalue weighted by Gasteiger charge is -2.35. The molecule has 1 aromatic heterocycles. The van der Waals surface area contributed by atoms with Crippen LogP contribution in [0.1, 0.15) is 37.0 Å². The molecule has 1 fully saturated rings. The lowest BCUT2D eigenvalue weighted by Crippen LogP contribution is -2.43. The smallest absolute Gasteiger partial charge is 0.227 e. The molecule has 3 rings (SSSR count). The highest BCUT2D eigenvalue weighted by Crippen LogP contribution is 2.28. The van der Waals surface area contributed by atoms with Crippen LogP contribution in [0.4, 0.5) is 0 Å². The zero-order valence-corrected chi connectivity index (χ0v) is 14.0. The van der Waals surface area contributed by atoms with Crippen LogP contribution in [0.15, 0.2) is 22.8 Å². The van der Waals surface area contributed by atoms with E-state index in [0.29, 0.717) is 18.3 Å². The first kappa shape index (κ1) is 15.1. The summed E-state index contributed by atoms with van der Waals surface area (Å²) in [4.78, 5) is 14.7. The monoisotopic (exact) mass is 299 g/mol. The molecule has 2 atom stereocenters. The van der Waals surface area contributed by atoms with E-state index >= 15 is 0 Å². The van der Waals surface area contributed by atoms with Gasteiger partial charge in [-0.05, 0) is 49.3 Å². The van der Waals surface area contributed by atoms with Crippen LogP contribution in [-0.4, -0.2) is 23.9 Å². The fraction of sp³-hybridized carbons (Fsp3) is 0.526. The van der Waals surface area contributed by atoms with Crippen LogP contribution in [0.5, 0.6) is 0 Å². The molecule has 22 heavy (non-hydrogen) atoms. The number of piperidine rings is 1. The topological polar surface area (TPSA) is 33.5 Å². The minimum atomic E-state index is 0.223. The molecular weight excluding hydrogens is 274 g/mol. The van der Waals surface area contributed by atoms with Crippen molar-refractivity contribution >= 4 is 16.9 Å². The van der Waals surface area contributed by atoms with Crippen LogP contribution in [-0.2, 0) is 11.2 Å². The second-order valence-corrected chi connectivity index (χ2v) is 7.14. The third-order valence-electron chi connectivity index (χ3n) is 4.66. The maximum Gasteiger partial charge on any atom is 0.227 e. The fourth-order valence-corrected chi connectivity index (χ4v) is 3.90. The highest BCUT2D eigenvalue weighted by Gasteiger charge is 2.26. The van der Waals surface area contributed by atoms with Crippen molar-refractivity contribution in [2.24, 2.45) is 11.8 Å². The molecule has 2 unspecified atom stereocenters. The molecule has 0 N–H and O–H groups in total. The average molecular weight is 299 g/mol. The summed E-state index contributed by atoms with van der Waals surface area (Å²) in [7, 11) is 0. The standard InChI is InChI=1S/C19H25NO2/c1-12-6-15(4)19-16(11-22-17(19)7-12)8-18(21)20-9-13(2)5-14(3)10-20/h6-7,11,13-14H,5,8-10H2,1-4H3. The van der Waals surface area contributed by atoms with Gasteiger partial charge >= 0.3 is 0 Å². The van der Waals surface area contributed by atoms with E-state index in [1.54, 1.807) is 6.26 Å². The van der Waals surface area contributed by atoms with Crippen molar-refractivity contribution in [3.63, 3.8) is 0 Å². The molecule has 2 aromatic rings. The summed E-state index contributed by atoms with van der Waals surface area (Å²) in [6, 6.07) is 4.19. The normalized spacial score (nSPS) is 22.3. The molecule has 2 heterocycles. The third kappa shape index (κ3) is 2.90. The first-order chi connectivity index (χ1) is 10.4. The summed E-state index contributed by atoms with van der Waals surface area (Å²) in [6.07, 6.45) is 3.42. The molecular formula is C19H25NO2. The largest absolute Gasteiger partial charge is 0.464 e. The molecule has 0 radical (unpaired) electrons. The number of carbonyl (C=O) groups is 1. The number of benzene rings is 1. The van der Waals surface area contributed by atoms with Gasteiger partial charge in [0.1, 0.15) is 5.58 Å². The highest BCUT2D eigenvalue weighted by molar-refractivity contribution is 5.90. The zero-order valence-electron chi connectivity index (χ0n) is 14.0. The van der Waals surface area contributed by atoms with E-state index in [1.807, 2.05) is 11.0 Å². The summed E-state index contributed by atoms with van der Waals surface area (Å²) >= 11 is 0. The Morgan fingerprint density at radius 2 is 1.91 bits per heavy atom. The number of rotatable bonds is 2. The van der Waals surface area contributed by atoms with E-state index < -0.39 is 0 Å². The van der Waals surface area contributed by atoms with Crippen molar-refractivity contribution in [3.05, 3.63) is 35.1 Å². The first-order valence-electron chi connectivity index (χ1n) is 8.19. The molecule has 1 amide bonds. The van der Waals surface area contributed by atoms with Gasteiger partial charge in [0.05, 0.1) is 12.7 Å². The predicted molar refractivity (Wildman–Crippen MR) is 88.9 cm³/mol. The summed E-state index contributed by atoms with van der Waals surface area (Å²) in [6.45, 7) is 10.4. The SMILES string of the molecule is Cc1cc(C)c2c(CC(=O)N3CC(C)CC(C)C3)coc2c1. The minimum Gasteiger partial charge on any atom is -0.464 e. The van der Waals surface area contributed by atoms with E-state index in [1.165, 1.54) is 17.5 Å². The molecule has 0 spiro atoms. The Kier molecular flexibility index (Phi) is 3.98. The van der Waals surface area contributed by atoms with Gasteiger partial charge in [-0.15, -0.1) is 0 Å². The molecule has 1 aromatic carbocycles. The summed E-state index contributed by atoms with van der Waals surface area (Å²) in [5, 5.41) is 1.11. The third-order valence-corrected chi connectivity index (χ3v) is 4.66. The Hall–Kier alpha value is -1.77. The molecule has 118 valence electrons. The van der Waals surface area contributed by atoms with E-state index in [9.17, 15) is 4.79 Å². The second-order valence-electron chi connectivity index (χ2n) is 7.14. The Balaban J connectivity index is 1.82. The second kappa shape index (κ2) is 5.79. The van der Waals surface area contributed by atoms with Gasteiger partial charge in [0.15, 0.2) is 0 Å². The van der Waals surface area contributed by atoms with Gasteiger partial charge in [0.25, 0.3) is 0 Å². The number of hydrogen-bond donors (Lipinski definition) is 0. The number of aryl methyl sites for hydroxylation is 2. The molecule has 3 heteroatoms. The van der Waals surface area contributed by atoms with Crippen molar-refractivity contribution in [1.82, 2.24) is 4.90 Å². The van der Waals surface area contributed by atoms with Crippen molar-refractivity contribution in [1.29, 1.82) is 0 Å². The van der Waals surface area contributed by atoms with Gasteiger partial charge < -0.3 is 9.32 Å². The Bertz CT molecular complexity index is 691. The molecule has 0 bridgehead atoms. The van der Waals surface area contributed by atoms with Gasteiger partial charge in [0.2, 0.25) is 5.91 Å². The molecule has 0 saturated carbocycles. The lowest BCUT2D eigenvalue weighted by molar-refractivity contribution is -0.133. The maximum atomic E-state index is 12.7. The van der Waals surface area contributed by atoms with Crippen LogP contribution in [0.3, 0.4) is 0 Å². The van der Waals surface area contributed by atoms with Crippen molar-refractivity contribution in [2.45, 2.75) is 40.5 Å². The lowest BCUT2D eigenvalue weighted by atomic mass is 9.91. The summed E-state index contributed by atoms with van der Waals surface area (Å²) in [5.41, 5.74) is 4.28. The van der Waals surface area contributed by atoms with E-state index in [0.717, 1.165) is 29.6 Å². The van der Waals surface area contributed by atoms with E-state index in [-0.39, 0.29) is 5.91 Å². The average Bonchev–Trinajstić information content (AvgIpc) is 2.80. The van der Waals surface area contributed by atoms with Gasteiger partial charge in [-0.25, -0.2) is 0 Å². The molecule has 3 nitrogen and oxygen atoms in total. The number of likely N-dealkylation sites (tertiary alicyclic amines) is 1. The Morgan fingerprint density at radius 3 is 2.59 bits per heavy atom. The quantitative estimate of drug-likeness (QED) is 0.836. The fourth-order valence-electron chi connectivity index (χ4n) is 3.90. The maximum absolute atomic E-state index is 12.7. The summed E-state index contributed by atoms with van der Waals surface area (Å²) < 4.78 is 5.67. The zero-order chi connectivity index (χ0) is 15.9. The van der Waals surface area contributed by atoms with Gasteiger partial charge in [-0.3, -0.25) is 4.79 Å². The molecule has 1 saturated heterocycles. The predicted octanol–water partition coefficient (Wildman–Crippen LogP) is 4.10. The van der Waals surface area contributed by atoms with E-state index in [2.05, 4.69) is 33.8 Å². The van der Waals surface area contributed by atoms with Crippen LogP contribution in [0, 0.1) is 25.7 Å². The number of amides is 1. The van der Waals surface area contributed by atoms with Crippen molar-refractivity contribution in [3.8, 4) is 0 Å². The van der Waals surface area contributed by atoms with Crippen molar-refractivity contribution in [2.75, 3.05) is 13.1 Å². The minimum absolute atomic E-state index is 0.223. The number of fused-ring (bicyclic) bond motifs is 1. The van der Waals surface area contributed by atoms with Crippen LogP contribution >= 0.6 is 0 Å². The Morgan fingerprint density at radius 1 is 1.23 bits per heavy atom. The number of furan rings is 1. The number of carbonyl (C=O) groups excluding carboxylic acids is 1. The van der Waals surface area contributed by atoms with Gasteiger partial charge in [0, 0.05) is 24.0 Å².